The zero-order valence-electron chi connectivity index (χ0n) is 14.7. The Labute approximate surface area is 154 Å². The molecule has 1 saturated carbocycles. The van der Waals surface area contributed by atoms with Gasteiger partial charge < -0.3 is 19.8 Å². The van der Waals surface area contributed by atoms with Crippen molar-refractivity contribution in [2.45, 2.75) is 31.7 Å². The second kappa shape index (κ2) is 6.19. The van der Waals surface area contributed by atoms with E-state index in [-0.39, 0.29) is 24.4 Å². The lowest BCUT2D eigenvalue weighted by atomic mass is 10.1. The highest BCUT2D eigenvalue weighted by atomic mass is 16.7. The van der Waals surface area contributed by atoms with Gasteiger partial charge in [0.2, 0.25) is 6.79 Å². The van der Waals surface area contributed by atoms with Crippen molar-refractivity contribution in [2.24, 2.45) is 0 Å². The predicted octanol–water partition coefficient (Wildman–Crippen LogP) is 3.43. The highest BCUT2D eigenvalue weighted by molar-refractivity contribution is 6.06. The molecule has 0 atom stereocenters. The maximum Gasteiger partial charge on any atom is 0.326 e. The molecule has 0 unspecified atom stereocenters. The summed E-state index contributed by atoms with van der Waals surface area (Å²) in [4.78, 5) is 27.9. The largest absolute Gasteiger partial charge is 0.454 e. The number of aromatic nitrogens is 2. The van der Waals surface area contributed by atoms with Crippen molar-refractivity contribution < 1.29 is 14.3 Å². The molecule has 2 aromatic carbocycles. The molecule has 1 fully saturated rings. The molecule has 0 bridgehead atoms. The molecular weight excluding hydrogens is 346 g/mol. The molecule has 7 heteroatoms. The summed E-state index contributed by atoms with van der Waals surface area (Å²) >= 11 is 0. The standard InChI is InChI=1S/C20H19N3O4/c24-19(21-13-6-8-17-18(10-13)27-11-26-17)12-5-7-16-15(9-12)22-20(25)23(16)14-3-1-2-4-14/h5-10,14H,1-4,11H2,(H,21,24)(H,22,25). The van der Waals surface area contributed by atoms with Gasteiger partial charge in [0.1, 0.15) is 0 Å². The van der Waals surface area contributed by atoms with E-state index in [4.69, 9.17) is 9.47 Å². The van der Waals surface area contributed by atoms with E-state index < -0.39 is 0 Å². The number of fused-ring (bicyclic) bond motifs is 2. The van der Waals surface area contributed by atoms with E-state index in [2.05, 4.69) is 10.3 Å². The molecule has 2 aliphatic rings. The molecule has 2 heterocycles. The molecule has 0 spiro atoms. The van der Waals surface area contributed by atoms with E-state index >= 15 is 0 Å². The van der Waals surface area contributed by atoms with Gasteiger partial charge in [-0.1, -0.05) is 12.8 Å². The molecule has 7 nitrogen and oxygen atoms in total. The van der Waals surface area contributed by atoms with Gasteiger partial charge in [-0.2, -0.15) is 0 Å². The third-order valence-electron chi connectivity index (χ3n) is 5.30. The van der Waals surface area contributed by atoms with Crippen molar-refractivity contribution in [3.63, 3.8) is 0 Å². The minimum absolute atomic E-state index is 0.106. The average Bonchev–Trinajstić information content (AvgIpc) is 3.39. The second-order valence-corrected chi connectivity index (χ2v) is 6.99. The number of carbonyl (C=O) groups excluding carboxylic acids is 1. The third kappa shape index (κ3) is 2.75. The van der Waals surface area contributed by atoms with Gasteiger partial charge in [0, 0.05) is 23.4 Å². The number of rotatable bonds is 3. The molecule has 1 amide bonds. The van der Waals surface area contributed by atoms with Crippen molar-refractivity contribution in [2.75, 3.05) is 12.1 Å². The number of hydrogen-bond donors (Lipinski definition) is 2. The third-order valence-corrected chi connectivity index (χ3v) is 5.30. The lowest BCUT2D eigenvalue weighted by molar-refractivity contribution is 0.102. The molecule has 2 N–H and O–H groups in total. The quantitative estimate of drug-likeness (QED) is 0.745. The number of benzene rings is 2. The number of carbonyl (C=O) groups is 1. The summed E-state index contributed by atoms with van der Waals surface area (Å²) < 4.78 is 12.4. The van der Waals surface area contributed by atoms with Crippen LogP contribution in [0.5, 0.6) is 11.5 Å². The summed E-state index contributed by atoms with van der Waals surface area (Å²) in [5, 5.41) is 2.86. The number of nitrogens with zero attached hydrogens (tertiary/aromatic N) is 1. The summed E-state index contributed by atoms with van der Waals surface area (Å²) in [6, 6.07) is 10.8. The topological polar surface area (TPSA) is 85.3 Å². The Bertz CT molecular complexity index is 1090. The van der Waals surface area contributed by atoms with Crippen molar-refractivity contribution >= 4 is 22.6 Å². The summed E-state index contributed by atoms with van der Waals surface area (Å²) in [5.41, 5.74) is 2.54. The van der Waals surface area contributed by atoms with Gasteiger partial charge in [0.25, 0.3) is 5.91 Å². The molecule has 0 radical (unpaired) electrons. The highest BCUT2D eigenvalue weighted by Crippen LogP contribution is 2.34. The Morgan fingerprint density at radius 1 is 1.07 bits per heavy atom. The molecule has 1 aromatic heterocycles. The van der Waals surface area contributed by atoms with Gasteiger partial charge in [0.05, 0.1) is 11.0 Å². The Hall–Kier alpha value is -3.22. The smallest absolute Gasteiger partial charge is 0.326 e. The van der Waals surface area contributed by atoms with Crippen molar-refractivity contribution in [1.29, 1.82) is 0 Å². The number of nitrogens with one attached hydrogen (secondary N) is 2. The highest BCUT2D eigenvalue weighted by Gasteiger charge is 2.22. The summed E-state index contributed by atoms with van der Waals surface area (Å²) in [7, 11) is 0. The minimum atomic E-state index is -0.245. The Kier molecular flexibility index (Phi) is 3.67. The van der Waals surface area contributed by atoms with Gasteiger partial charge in [-0.05, 0) is 43.2 Å². The van der Waals surface area contributed by atoms with Gasteiger partial charge in [-0.15, -0.1) is 0 Å². The first-order valence-corrected chi connectivity index (χ1v) is 9.14. The first-order chi connectivity index (χ1) is 13.2. The maximum absolute atomic E-state index is 12.6. The van der Waals surface area contributed by atoms with Gasteiger partial charge >= 0.3 is 5.69 Å². The van der Waals surface area contributed by atoms with Gasteiger partial charge in [0.15, 0.2) is 11.5 Å². The molecule has 1 aliphatic heterocycles. The minimum Gasteiger partial charge on any atom is -0.454 e. The number of amides is 1. The van der Waals surface area contributed by atoms with Crippen molar-refractivity contribution in [1.82, 2.24) is 9.55 Å². The fourth-order valence-electron chi connectivity index (χ4n) is 3.97. The first-order valence-electron chi connectivity index (χ1n) is 9.14. The Morgan fingerprint density at radius 3 is 2.74 bits per heavy atom. The molecule has 138 valence electrons. The van der Waals surface area contributed by atoms with Crippen LogP contribution in [0.15, 0.2) is 41.2 Å². The predicted molar refractivity (Wildman–Crippen MR) is 101 cm³/mol. The fraction of sp³-hybridized carbons (Fsp3) is 0.300. The van der Waals surface area contributed by atoms with Crippen LogP contribution in [0.4, 0.5) is 5.69 Å². The van der Waals surface area contributed by atoms with Crippen molar-refractivity contribution in [3.05, 3.63) is 52.4 Å². The first kappa shape index (κ1) is 16.0. The van der Waals surface area contributed by atoms with Crippen LogP contribution in [0.2, 0.25) is 0 Å². The van der Waals surface area contributed by atoms with Crippen molar-refractivity contribution in [3.8, 4) is 11.5 Å². The van der Waals surface area contributed by atoms with Crippen LogP contribution in [0.3, 0.4) is 0 Å². The van der Waals surface area contributed by atoms with E-state index in [9.17, 15) is 9.59 Å². The van der Waals surface area contributed by atoms with Crippen LogP contribution in [0.1, 0.15) is 42.1 Å². The zero-order valence-corrected chi connectivity index (χ0v) is 14.7. The molecular formula is C20H19N3O4. The van der Waals surface area contributed by atoms with E-state index in [1.807, 2.05) is 10.6 Å². The number of imidazole rings is 1. The summed E-state index contributed by atoms with van der Waals surface area (Å²) in [5.74, 6) is 1.03. The molecule has 1 aliphatic carbocycles. The number of hydrogen-bond acceptors (Lipinski definition) is 4. The van der Waals surface area contributed by atoms with Crippen LogP contribution in [-0.4, -0.2) is 22.3 Å². The molecule has 0 saturated heterocycles. The number of ether oxygens (including phenoxy) is 2. The van der Waals surface area contributed by atoms with Gasteiger partial charge in [-0.25, -0.2) is 4.79 Å². The van der Waals surface area contributed by atoms with Crippen LogP contribution in [-0.2, 0) is 0 Å². The van der Waals surface area contributed by atoms with E-state index in [1.165, 1.54) is 0 Å². The summed E-state index contributed by atoms with van der Waals surface area (Å²) in [6.07, 6.45) is 4.36. The Balaban J connectivity index is 1.43. The van der Waals surface area contributed by atoms with Crippen LogP contribution in [0, 0.1) is 0 Å². The second-order valence-electron chi connectivity index (χ2n) is 6.99. The van der Waals surface area contributed by atoms with E-state index in [0.29, 0.717) is 28.3 Å². The number of aromatic amines is 1. The number of anilines is 1. The van der Waals surface area contributed by atoms with Crippen LogP contribution < -0.4 is 20.5 Å². The van der Waals surface area contributed by atoms with E-state index in [1.54, 1.807) is 30.3 Å². The lowest BCUT2D eigenvalue weighted by Gasteiger charge is -2.11. The number of H-pyrrole nitrogens is 1. The molecule has 3 aromatic rings. The lowest BCUT2D eigenvalue weighted by Crippen LogP contribution is -2.20. The zero-order chi connectivity index (χ0) is 18.4. The average molecular weight is 365 g/mol. The monoisotopic (exact) mass is 365 g/mol. The normalized spacial score (nSPS) is 16.1. The fourth-order valence-corrected chi connectivity index (χ4v) is 3.97. The van der Waals surface area contributed by atoms with Crippen LogP contribution >= 0.6 is 0 Å². The Morgan fingerprint density at radius 2 is 1.89 bits per heavy atom. The van der Waals surface area contributed by atoms with Crippen LogP contribution in [0.25, 0.3) is 11.0 Å². The summed E-state index contributed by atoms with van der Waals surface area (Å²) in [6.45, 7) is 0.189. The molecule has 5 rings (SSSR count). The maximum atomic E-state index is 12.6. The molecule has 27 heavy (non-hydrogen) atoms. The van der Waals surface area contributed by atoms with E-state index in [0.717, 1.165) is 31.2 Å². The van der Waals surface area contributed by atoms with Gasteiger partial charge in [-0.3, -0.25) is 9.36 Å². The SMILES string of the molecule is O=C(Nc1ccc2c(c1)OCO2)c1ccc2c(c1)[nH]c(=O)n2C1CCCC1.